The monoisotopic (exact) mass is 1410 g/mol. The molecule has 566 valence electrons. The Kier molecular flexibility index (Phi) is 78.1. The lowest BCUT2D eigenvalue weighted by Gasteiger charge is -2.19. The molecule has 0 spiro atoms. The molecule has 0 saturated heterocycles. The number of esters is 2. The number of phosphoric ester groups is 1. The second-order valence-corrected chi connectivity index (χ2v) is 26.9. The summed E-state index contributed by atoms with van der Waals surface area (Å²) in [5, 5.41) is 0. The Bertz CT molecular complexity index is 2520. The van der Waals surface area contributed by atoms with Crippen molar-refractivity contribution < 1.29 is 37.6 Å². The first-order valence-corrected chi connectivity index (χ1v) is 41.4. The van der Waals surface area contributed by atoms with Gasteiger partial charge in [0, 0.05) is 19.4 Å². The second-order valence-electron chi connectivity index (χ2n) is 25.5. The predicted molar refractivity (Wildman–Crippen MR) is 440 cm³/mol. The summed E-state index contributed by atoms with van der Waals surface area (Å²) in [5.74, 6) is -0.887. The van der Waals surface area contributed by atoms with E-state index in [0.717, 1.165) is 154 Å². The van der Waals surface area contributed by atoms with Gasteiger partial charge in [0.15, 0.2) is 6.10 Å². The molecular weight excluding hydrogens is 1270 g/mol. The zero-order valence-electron chi connectivity index (χ0n) is 63.8. The van der Waals surface area contributed by atoms with Crippen molar-refractivity contribution in [2.24, 2.45) is 5.73 Å². The van der Waals surface area contributed by atoms with Crippen LogP contribution in [0.25, 0.3) is 0 Å². The molecule has 9 nitrogen and oxygen atoms in total. The fraction of sp³-hybridized carbons (Fsp3) is 0.560. The van der Waals surface area contributed by atoms with Crippen molar-refractivity contribution in [2.45, 2.75) is 302 Å². The van der Waals surface area contributed by atoms with Crippen LogP contribution in [0.15, 0.2) is 231 Å². The molecule has 0 bridgehead atoms. The molecule has 0 rings (SSSR count). The zero-order chi connectivity index (χ0) is 72.9. The number of allylic oxidation sites excluding steroid dienone is 38. The summed E-state index contributed by atoms with van der Waals surface area (Å²) < 4.78 is 33.2. The molecule has 10 heteroatoms. The Morgan fingerprint density at radius 2 is 0.515 bits per heavy atom. The Morgan fingerprint density at radius 3 is 0.782 bits per heavy atom. The van der Waals surface area contributed by atoms with Gasteiger partial charge in [-0.25, -0.2) is 4.57 Å². The van der Waals surface area contributed by atoms with E-state index in [1.54, 1.807) is 0 Å². The average molecular weight is 1410 g/mol. The Morgan fingerprint density at radius 1 is 0.297 bits per heavy atom. The molecule has 2 atom stereocenters. The van der Waals surface area contributed by atoms with Crippen molar-refractivity contribution in [1.29, 1.82) is 0 Å². The fourth-order valence-electron chi connectivity index (χ4n) is 10.2. The molecule has 0 radical (unpaired) electrons. The Hall–Kier alpha value is -5.93. The van der Waals surface area contributed by atoms with Gasteiger partial charge in [-0.1, -0.05) is 354 Å². The van der Waals surface area contributed by atoms with E-state index in [0.29, 0.717) is 6.42 Å². The van der Waals surface area contributed by atoms with E-state index in [1.807, 2.05) is 0 Å². The fourth-order valence-corrected chi connectivity index (χ4v) is 11.0. The van der Waals surface area contributed by atoms with Gasteiger partial charge in [0.2, 0.25) is 0 Å². The minimum Gasteiger partial charge on any atom is -0.462 e. The molecule has 0 amide bonds. The number of nitrogens with two attached hydrogens (primary N) is 1. The van der Waals surface area contributed by atoms with E-state index in [-0.39, 0.29) is 32.6 Å². The molecule has 0 saturated carbocycles. The van der Waals surface area contributed by atoms with Crippen LogP contribution < -0.4 is 5.73 Å². The molecule has 0 aliphatic carbocycles. The third kappa shape index (κ3) is 82.9. The van der Waals surface area contributed by atoms with Crippen molar-refractivity contribution in [3.63, 3.8) is 0 Å². The van der Waals surface area contributed by atoms with E-state index in [4.69, 9.17) is 24.3 Å². The molecule has 2 unspecified atom stereocenters. The summed E-state index contributed by atoms with van der Waals surface area (Å²) in [4.78, 5) is 35.4. The summed E-state index contributed by atoms with van der Waals surface area (Å²) >= 11 is 0. The van der Waals surface area contributed by atoms with Crippen LogP contribution in [-0.2, 0) is 32.7 Å². The molecule has 0 aromatic heterocycles. The predicted octanol–water partition coefficient (Wildman–Crippen LogP) is 27.3. The quantitative estimate of drug-likeness (QED) is 0.0264. The lowest BCUT2D eigenvalue weighted by molar-refractivity contribution is -0.161. The minimum atomic E-state index is -4.42. The first-order chi connectivity index (χ1) is 49.8. The SMILES string of the molecule is CC/C=C\C/C=C\C/C=C\C/C=C\C/C=C\C/C=C\C/C=C\C/C=C\C/C=C\C/C=C\C/C=C\C/C=C\CCCCC(=O)OC(COC(=O)CCCCCCCCCCCCCCCCCCCCC/C=C\C/C=C\C/C=C\C/C=C\C/C=C\C/C=C\C/C=C\CC)COP(=O)(O)OCCN. The minimum absolute atomic E-state index is 0.0360. The number of hydrogen-bond acceptors (Lipinski definition) is 8. The molecular formula is C91H144NO8P. The highest BCUT2D eigenvalue weighted by molar-refractivity contribution is 7.47. The van der Waals surface area contributed by atoms with E-state index >= 15 is 0 Å². The first-order valence-electron chi connectivity index (χ1n) is 39.9. The average Bonchev–Trinajstić information content (AvgIpc) is 1.01. The maximum atomic E-state index is 12.8. The summed E-state index contributed by atoms with van der Waals surface area (Å²) in [6, 6.07) is 0. The second kappa shape index (κ2) is 83.0. The third-order valence-corrected chi connectivity index (χ3v) is 17.0. The maximum Gasteiger partial charge on any atom is 0.472 e. The summed E-state index contributed by atoms with van der Waals surface area (Å²) in [7, 11) is -4.42. The van der Waals surface area contributed by atoms with Crippen molar-refractivity contribution in [2.75, 3.05) is 26.4 Å². The van der Waals surface area contributed by atoms with Gasteiger partial charge in [-0.15, -0.1) is 0 Å². The highest BCUT2D eigenvalue weighted by Gasteiger charge is 2.26. The molecule has 0 fully saturated rings. The van der Waals surface area contributed by atoms with Crippen LogP contribution in [-0.4, -0.2) is 49.3 Å². The number of ether oxygens (including phenoxy) is 2. The summed E-state index contributed by atoms with van der Waals surface area (Å²) in [5.41, 5.74) is 5.41. The number of hydrogen-bond donors (Lipinski definition) is 2. The van der Waals surface area contributed by atoms with E-state index in [1.165, 1.54) is 109 Å². The van der Waals surface area contributed by atoms with Crippen LogP contribution in [0.2, 0.25) is 0 Å². The van der Waals surface area contributed by atoms with Crippen molar-refractivity contribution >= 4 is 19.8 Å². The van der Waals surface area contributed by atoms with Crippen molar-refractivity contribution in [3.8, 4) is 0 Å². The maximum absolute atomic E-state index is 12.8. The molecule has 3 N–H and O–H groups in total. The largest absolute Gasteiger partial charge is 0.472 e. The van der Waals surface area contributed by atoms with Gasteiger partial charge in [0.25, 0.3) is 0 Å². The third-order valence-electron chi connectivity index (χ3n) is 16.0. The number of unbranched alkanes of at least 4 members (excludes halogenated alkanes) is 21. The topological polar surface area (TPSA) is 134 Å². The molecule has 0 aromatic carbocycles. The zero-order valence-corrected chi connectivity index (χ0v) is 64.7. The summed E-state index contributed by atoms with van der Waals surface area (Å²) in [6.45, 7) is 3.46. The smallest absolute Gasteiger partial charge is 0.462 e. The molecule has 0 heterocycles. The van der Waals surface area contributed by atoms with Gasteiger partial charge in [-0.3, -0.25) is 18.6 Å². The normalized spacial score (nSPS) is 14.1. The lowest BCUT2D eigenvalue weighted by atomic mass is 10.0. The van der Waals surface area contributed by atoms with Gasteiger partial charge in [-0.05, 0) is 161 Å². The summed E-state index contributed by atoms with van der Waals surface area (Å²) in [6.07, 6.45) is 130. The lowest BCUT2D eigenvalue weighted by Crippen LogP contribution is -2.29. The van der Waals surface area contributed by atoms with Crippen LogP contribution in [0.3, 0.4) is 0 Å². The van der Waals surface area contributed by atoms with Crippen LogP contribution in [0.4, 0.5) is 0 Å². The van der Waals surface area contributed by atoms with Crippen LogP contribution in [0.1, 0.15) is 296 Å². The molecule has 101 heavy (non-hydrogen) atoms. The van der Waals surface area contributed by atoms with Crippen molar-refractivity contribution in [1.82, 2.24) is 0 Å². The number of carbonyl (C=O) groups is 2. The van der Waals surface area contributed by atoms with Crippen LogP contribution in [0.5, 0.6) is 0 Å². The number of carbonyl (C=O) groups excluding carboxylic acids is 2. The molecule has 0 aliphatic rings. The van der Waals surface area contributed by atoms with E-state index in [9.17, 15) is 19.0 Å². The van der Waals surface area contributed by atoms with Gasteiger partial charge < -0.3 is 20.1 Å². The van der Waals surface area contributed by atoms with Crippen molar-refractivity contribution in [3.05, 3.63) is 231 Å². The van der Waals surface area contributed by atoms with Gasteiger partial charge in [-0.2, -0.15) is 0 Å². The number of rotatable bonds is 72. The number of phosphoric acid groups is 1. The first kappa shape index (κ1) is 95.1. The van der Waals surface area contributed by atoms with E-state index in [2.05, 4.69) is 245 Å². The van der Waals surface area contributed by atoms with Gasteiger partial charge >= 0.3 is 19.8 Å². The Labute approximate surface area is 619 Å². The van der Waals surface area contributed by atoms with Crippen LogP contribution in [0, 0.1) is 0 Å². The molecule has 0 aliphatic heterocycles. The van der Waals surface area contributed by atoms with Crippen LogP contribution >= 0.6 is 7.82 Å². The highest BCUT2D eigenvalue weighted by atomic mass is 31.2. The highest BCUT2D eigenvalue weighted by Crippen LogP contribution is 2.43. The molecule has 0 aromatic rings. The standard InChI is InChI=1S/C91H144NO8P/c1-3-5-7-9-11-13-15-17-19-21-23-25-27-29-31-33-35-37-39-41-43-44-46-47-49-51-53-55-57-59-61-63-65-67-69-71-73-75-77-79-81-83-90(93)97-87-89(88-99-101(95,96)98-86-85-92)100-91(94)84-82-80-78-76-74-72-70-68-66-64-62-60-58-56-54-52-50-48-45-42-40-38-36-34-32-30-28-26-24-22-20-18-16-14-12-10-8-6-4-2/h5-8,11-14,17-20,23-26,29-32,35-38,41-43,45,50,52,56,58,62,64,68,70,74,76,89H,3-4,9-10,15-16,21-22,27-28,33-34,39-40,44,46-49,51,53-55,57,59-61,63,65-67,69,71-73,75,77-88,92H2,1-2H3,(H,95,96)/b7-5-,8-6-,13-11-,14-12-,19-17-,20-18-,25-23-,26-24-,31-29-,32-30-,37-35-,38-36-,43-41-,45-42-,52-50-,58-56-,64-62-,70-68-,76-74-. The Balaban J connectivity index is 3.97. The van der Waals surface area contributed by atoms with Gasteiger partial charge in [0.05, 0.1) is 13.2 Å². The van der Waals surface area contributed by atoms with E-state index < -0.39 is 32.5 Å². The van der Waals surface area contributed by atoms with Gasteiger partial charge in [0.1, 0.15) is 6.61 Å².